The van der Waals surface area contributed by atoms with Crippen molar-refractivity contribution in [3.05, 3.63) is 35.4 Å². The van der Waals surface area contributed by atoms with E-state index in [1.807, 2.05) is 0 Å². The number of hydrogen-bond acceptors (Lipinski definition) is 2. The second kappa shape index (κ2) is 7.15. The van der Waals surface area contributed by atoms with Crippen LogP contribution in [0.1, 0.15) is 42.5 Å². The molecule has 21 heavy (non-hydrogen) atoms. The van der Waals surface area contributed by atoms with Crippen molar-refractivity contribution >= 4 is 11.8 Å². The van der Waals surface area contributed by atoms with Crippen LogP contribution in [0.5, 0.6) is 0 Å². The molecule has 1 aliphatic rings. The van der Waals surface area contributed by atoms with Crippen LogP contribution < -0.4 is 10.6 Å². The molecule has 6 heteroatoms. The Morgan fingerprint density at radius 1 is 1.19 bits per heavy atom. The molecule has 114 valence electrons. The molecule has 0 atom stereocenters. The lowest BCUT2D eigenvalue weighted by Crippen LogP contribution is -2.35. The number of carbonyl (C=O) groups is 2. The Labute approximate surface area is 121 Å². The fourth-order valence-corrected chi connectivity index (χ4v) is 2.43. The maximum absolute atomic E-state index is 13.4. The van der Waals surface area contributed by atoms with E-state index in [0.29, 0.717) is 6.07 Å². The van der Waals surface area contributed by atoms with Gasteiger partial charge in [0, 0.05) is 25.1 Å². The number of rotatable bonds is 5. The number of hydrogen-bond donors (Lipinski definition) is 2. The van der Waals surface area contributed by atoms with Crippen molar-refractivity contribution in [2.45, 2.75) is 38.1 Å². The van der Waals surface area contributed by atoms with Gasteiger partial charge in [0.05, 0.1) is 5.56 Å². The van der Waals surface area contributed by atoms with E-state index in [0.717, 1.165) is 37.8 Å². The summed E-state index contributed by atoms with van der Waals surface area (Å²) in [6.45, 7) is 0.119. The van der Waals surface area contributed by atoms with Crippen molar-refractivity contribution in [3.8, 4) is 0 Å². The average molecular weight is 296 g/mol. The SMILES string of the molecule is O=C(CCNC(=O)c1ccc(F)cc1F)NC1CCCC1. The first-order valence-electron chi connectivity index (χ1n) is 7.09. The van der Waals surface area contributed by atoms with Crippen LogP contribution in [0.15, 0.2) is 18.2 Å². The van der Waals surface area contributed by atoms with Crippen LogP contribution in [0, 0.1) is 11.6 Å². The molecule has 0 heterocycles. The number of halogens is 2. The van der Waals surface area contributed by atoms with Crippen LogP contribution in [-0.2, 0) is 4.79 Å². The van der Waals surface area contributed by atoms with Gasteiger partial charge in [-0.05, 0) is 25.0 Å². The molecule has 0 radical (unpaired) electrons. The van der Waals surface area contributed by atoms with Gasteiger partial charge in [-0.2, -0.15) is 0 Å². The van der Waals surface area contributed by atoms with E-state index in [2.05, 4.69) is 10.6 Å². The minimum Gasteiger partial charge on any atom is -0.353 e. The van der Waals surface area contributed by atoms with Crippen molar-refractivity contribution < 1.29 is 18.4 Å². The van der Waals surface area contributed by atoms with E-state index < -0.39 is 17.5 Å². The van der Waals surface area contributed by atoms with Crippen molar-refractivity contribution in [1.29, 1.82) is 0 Å². The first-order chi connectivity index (χ1) is 10.1. The summed E-state index contributed by atoms with van der Waals surface area (Å²) in [6.07, 6.45) is 4.40. The minimum atomic E-state index is -0.914. The third kappa shape index (κ3) is 4.51. The summed E-state index contributed by atoms with van der Waals surface area (Å²) in [4.78, 5) is 23.3. The summed E-state index contributed by atoms with van der Waals surface area (Å²) in [5.41, 5.74) is -0.229. The van der Waals surface area contributed by atoms with E-state index in [-0.39, 0.29) is 30.5 Å². The van der Waals surface area contributed by atoms with Gasteiger partial charge in [-0.15, -0.1) is 0 Å². The maximum Gasteiger partial charge on any atom is 0.254 e. The lowest BCUT2D eigenvalue weighted by atomic mass is 10.2. The molecule has 1 aromatic rings. The molecular formula is C15H18F2N2O2. The van der Waals surface area contributed by atoms with Gasteiger partial charge < -0.3 is 10.6 Å². The summed E-state index contributed by atoms with van der Waals surface area (Å²) in [7, 11) is 0. The smallest absolute Gasteiger partial charge is 0.254 e. The average Bonchev–Trinajstić information content (AvgIpc) is 2.91. The summed E-state index contributed by atoms with van der Waals surface area (Å²) >= 11 is 0. The third-order valence-electron chi connectivity index (χ3n) is 3.53. The van der Waals surface area contributed by atoms with Gasteiger partial charge in [0.15, 0.2) is 0 Å². The van der Waals surface area contributed by atoms with Gasteiger partial charge >= 0.3 is 0 Å². The maximum atomic E-state index is 13.4. The molecule has 1 aliphatic carbocycles. The molecule has 4 nitrogen and oxygen atoms in total. The van der Waals surface area contributed by atoms with Gasteiger partial charge in [0.25, 0.3) is 5.91 Å². The quantitative estimate of drug-likeness (QED) is 0.874. The van der Waals surface area contributed by atoms with E-state index in [4.69, 9.17) is 0 Å². The van der Waals surface area contributed by atoms with Crippen molar-refractivity contribution in [1.82, 2.24) is 10.6 Å². The summed E-state index contributed by atoms with van der Waals surface area (Å²) in [6, 6.07) is 2.99. The lowest BCUT2D eigenvalue weighted by molar-refractivity contribution is -0.121. The Bertz CT molecular complexity index is 528. The third-order valence-corrected chi connectivity index (χ3v) is 3.53. The molecule has 1 saturated carbocycles. The number of nitrogens with one attached hydrogen (secondary N) is 2. The molecule has 0 spiro atoms. The molecule has 0 saturated heterocycles. The standard InChI is InChI=1S/C15H18F2N2O2/c16-10-5-6-12(13(17)9-10)15(21)18-8-7-14(20)19-11-3-1-2-4-11/h5-6,9,11H,1-4,7-8H2,(H,18,21)(H,19,20). The molecule has 0 bridgehead atoms. The van der Waals surface area contributed by atoms with Crippen LogP contribution in [0.4, 0.5) is 8.78 Å². The highest BCUT2D eigenvalue weighted by molar-refractivity contribution is 5.94. The zero-order chi connectivity index (χ0) is 15.2. The summed E-state index contributed by atoms with van der Waals surface area (Å²) in [5, 5.41) is 5.35. The van der Waals surface area contributed by atoms with Gasteiger partial charge in [-0.3, -0.25) is 9.59 Å². The zero-order valence-electron chi connectivity index (χ0n) is 11.6. The predicted molar refractivity (Wildman–Crippen MR) is 73.7 cm³/mol. The fraction of sp³-hybridized carbons (Fsp3) is 0.467. The minimum absolute atomic E-state index is 0.119. The molecule has 0 unspecified atom stereocenters. The fourth-order valence-electron chi connectivity index (χ4n) is 2.43. The molecule has 0 aliphatic heterocycles. The first-order valence-corrected chi connectivity index (χ1v) is 7.09. The molecule has 0 aromatic heterocycles. The second-order valence-electron chi connectivity index (χ2n) is 5.18. The monoisotopic (exact) mass is 296 g/mol. The van der Waals surface area contributed by atoms with Crippen LogP contribution >= 0.6 is 0 Å². The summed E-state index contributed by atoms with van der Waals surface area (Å²) in [5.74, 6) is -2.43. The van der Waals surface area contributed by atoms with Gasteiger partial charge in [-0.25, -0.2) is 8.78 Å². The van der Waals surface area contributed by atoms with Gasteiger partial charge in [0.1, 0.15) is 11.6 Å². The van der Waals surface area contributed by atoms with E-state index in [1.165, 1.54) is 0 Å². The lowest BCUT2D eigenvalue weighted by Gasteiger charge is -2.12. The molecule has 2 amide bonds. The highest BCUT2D eigenvalue weighted by Crippen LogP contribution is 2.17. The first kappa shape index (κ1) is 15.4. The Morgan fingerprint density at radius 3 is 2.57 bits per heavy atom. The van der Waals surface area contributed by atoms with Crippen molar-refractivity contribution in [2.24, 2.45) is 0 Å². The topological polar surface area (TPSA) is 58.2 Å². The van der Waals surface area contributed by atoms with Crippen LogP contribution in [0.2, 0.25) is 0 Å². The highest BCUT2D eigenvalue weighted by Gasteiger charge is 2.17. The number of amides is 2. The Balaban J connectivity index is 1.74. The van der Waals surface area contributed by atoms with E-state index in [1.54, 1.807) is 0 Å². The molecular weight excluding hydrogens is 278 g/mol. The highest BCUT2D eigenvalue weighted by atomic mass is 19.1. The van der Waals surface area contributed by atoms with E-state index >= 15 is 0 Å². The molecule has 2 rings (SSSR count). The number of benzene rings is 1. The van der Waals surface area contributed by atoms with Crippen molar-refractivity contribution in [2.75, 3.05) is 6.54 Å². The van der Waals surface area contributed by atoms with Gasteiger partial charge in [0.2, 0.25) is 5.91 Å². The zero-order valence-corrected chi connectivity index (χ0v) is 11.6. The normalized spacial score (nSPS) is 15.0. The van der Waals surface area contributed by atoms with E-state index in [9.17, 15) is 18.4 Å². The Morgan fingerprint density at radius 2 is 1.90 bits per heavy atom. The summed E-state index contributed by atoms with van der Waals surface area (Å²) < 4.78 is 26.1. The second-order valence-corrected chi connectivity index (χ2v) is 5.18. The molecule has 2 N–H and O–H groups in total. The van der Waals surface area contributed by atoms with Crippen LogP contribution in [-0.4, -0.2) is 24.4 Å². The largest absolute Gasteiger partial charge is 0.353 e. The van der Waals surface area contributed by atoms with Crippen LogP contribution in [0.25, 0.3) is 0 Å². The molecule has 1 fully saturated rings. The molecule has 1 aromatic carbocycles. The Hall–Kier alpha value is -1.98. The van der Waals surface area contributed by atoms with Crippen LogP contribution in [0.3, 0.4) is 0 Å². The van der Waals surface area contributed by atoms with Crippen molar-refractivity contribution in [3.63, 3.8) is 0 Å². The number of carbonyl (C=O) groups excluding carboxylic acids is 2. The predicted octanol–water partition coefficient (Wildman–Crippen LogP) is 2.14. The Kier molecular flexibility index (Phi) is 5.25. The van der Waals surface area contributed by atoms with Gasteiger partial charge in [-0.1, -0.05) is 12.8 Å².